The first kappa shape index (κ1) is 17.5. The van der Waals surface area contributed by atoms with Crippen molar-refractivity contribution in [1.82, 2.24) is 15.0 Å². The fraction of sp³-hybridized carbons (Fsp3) is 0.467. The molecule has 1 aliphatic rings. The number of rotatable bonds is 6. The number of carboxylic acid groups (broad SMARTS) is 1. The highest BCUT2D eigenvalue weighted by Crippen LogP contribution is 2.42. The van der Waals surface area contributed by atoms with Gasteiger partial charge in [0.15, 0.2) is 0 Å². The first-order valence-electron chi connectivity index (χ1n) is 7.74. The van der Waals surface area contributed by atoms with Crippen molar-refractivity contribution in [3.05, 3.63) is 26.6 Å². The van der Waals surface area contributed by atoms with Crippen molar-refractivity contribution in [2.45, 2.75) is 31.7 Å². The lowest BCUT2D eigenvalue weighted by atomic mass is 10.0. The molecule has 0 saturated heterocycles. The molecule has 0 bridgehead atoms. The Balaban J connectivity index is 2.21. The lowest BCUT2D eigenvalue weighted by Crippen LogP contribution is -2.38. The van der Waals surface area contributed by atoms with Crippen molar-refractivity contribution in [3.63, 3.8) is 0 Å². The molecule has 0 aliphatic heterocycles. The van der Waals surface area contributed by atoms with Crippen LogP contribution in [0.25, 0.3) is 10.2 Å². The first-order chi connectivity index (χ1) is 12.0. The fourth-order valence-electron chi connectivity index (χ4n) is 3.15. The molecule has 3 rings (SSSR count). The molecule has 1 amide bonds. The maximum atomic E-state index is 13.0. The normalized spacial score (nSPS) is 16.2. The molecule has 4 N–H and O–H groups in total. The number of methoxy groups -OCH3 is 1. The Labute approximate surface area is 146 Å². The van der Waals surface area contributed by atoms with Gasteiger partial charge < -0.3 is 9.84 Å². The molecule has 0 aromatic carbocycles. The summed E-state index contributed by atoms with van der Waals surface area (Å²) in [4.78, 5) is 42.1. The Hall–Kier alpha value is -2.30. The van der Waals surface area contributed by atoms with Gasteiger partial charge in [0.25, 0.3) is 11.5 Å². The molecular formula is C15H18N4O5S. The number of carbonyl (C=O) groups excluding carboxylic acids is 1. The standard InChI is InChI=1S/C15H18N4O5S/c1-24-5-4-9-17-13-12(14(21)19(9)6-10(20)18-16)11-7(15(22)23)2-3-8(11)25-13/h7H,2-6,16H2,1H3,(H,18,20)(H,22,23). The quantitative estimate of drug-likeness (QED) is 0.364. The second-order valence-electron chi connectivity index (χ2n) is 5.78. The van der Waals surface area contributed by atoms with E-state index < -0.39 is 23.4 Å². The molecular weight excluding hydrogens is 348 g/mol. The predicted octanol–water partition coefficient (Wildman–Crippen LogP) is -0.249. The Morgan fingerprint density at radius 2 is 2.28 bits per heavy atom. The molecule has 2 aromatic heterocycles. The molecule has 1 aliphatic carbocycles. The van der Waals surface area contributed by atoms with Gasteiger partial charge in [-0.25, -0.2) is 10.8 Å². The summed E-state index contributed by atoms with van der Waals surface area (Å²) in [7, 11) is 1.53. The van der Waals surface area contributed by atoms with E-state index in [2.05, 4.69) is 4.98 Å². The van der Waals surface area contributed by atoms with Crippen LogP contribution in [-0.2, 0) is 33.7 Å². The van der Waals surface area contributed by atoms with Crippen LogP contribution in [0.2, 0.25) is 0 Å². The summed E-state index contributed by atoms with van der Waals surface area (Å²) < 4.78 is 6.28. The number of amides is 1. The van der Waals surface area contributed by atoms with Crippen molar-refractivity contribution >= 4 is 33.4 Å². The lowest BCUT2D eigenvalue weighted by molar-refractivity contribution is -0.138. The van der Waals surface area contributed by atoms with Crippen LogP contribution in [0.15, 0.2) is 4.79 Å². The van der Waals surface area contributed by atoms with Gasteiger partial charge in [0, 0.05) is 18.4 Å². The highest BCUT2D eigenvalue weighted by atomic mass is 32.1. The number of ether oxygens (including phenoxy) is 1. The highest BCUT2D eigenvalue weighted by molar-refractivity contribution is 7.18. The number of aryl methyl sites for hydroxylation is 1. The summed E-state index contributed by atoms with van der Waals surface area (Å²) in [5.74, 6) is 3.34. The molecule has 0 fully saturated rings. The maximum absolute atomic E-state index is 13.0. The summed E-state index contributed by atoms with van der Waals surface area (Å²) in [6.45, 7) is 0.0602. The van der Waals surface area contributed by atoms with Crippen LogP contribution in [0.5, 0.6) is 0 Å². The summed E-state index contributed by atoms with van der Waals surface area (Å²) in [6.07, 6.45) is 1.44. The lowest BCUT2D eigenvalue weighted by Gasteiger charge is -2.12. The molecule has 1 atom stereocenters. The number of nitrogens with one attached hydrogen (secondary N) is 1. The number of carboxylic acids is 1. The molecule has 0 spiro atoms. The van der Waals surface area contributed by atoms with Gasteiger partial charge in [-0.05, 0) is 18.4 Å². The monoisotopic (exact) mass is 366 g/mol. The summed E-state index contributed by atoms with van der Waals surface area (Å²) in [5, 5.41) is 9.73. The number of nitrogens with zero attached hydrogens (tertiary/aromatic N) is 2. The summed E-state index contributed by atoms with van der Waals surface area (Å²) >= 11 is 1.35. The number of hydrogen-bond donors (Lipinski definition) is 3. The minimum atomic E-state index is -0.951. The topological polar surface area (TPSA) is 137 Å². The number of aliphatic carboxylic acids is 1. The molecule has 9 nitrogen and oxygen atoms in total. The van der Waals surface area contributed by atoms with Gasteiger partial charge in [0.1, 0.15) is 17.2 Å². The average Bonchev–Trinajstić information content (AvgIpc) is 3.13. The summed E-state index contributed by atoms with van der Waals surface area (Å²) in [6, 6.07) is 0. The van der Waals surface area contributed by atoms with E-state index in [1.54, 1.807) is 0 Å². The maximum Gasteiger partial charge on any atom is 0.311 e. The molecule has 10 heteroatoms. The van der Waals surface area contributed by atoms with E-state index in [0.29, 0.717) is 47.5 Å². The average molecular weight is 366 g/mol. The zero-order valence-electron chi connectivity index (χ0n) is 13.6. The van der Waals surface area contributed by atoms with Crippen molar-refractivity contribution in [3.8, 4) is 0 Å². The number of thiophene rings is 1. The Morgan fingerprint density at radius 3 is 2.92 bits per heavy atom. The van der Waals surface area contributed by atoms with Crippen molar-refractivity contribution in [2.75, 3.05) is 13.7 Å². The number of aromatic nitrogens is 2. The molecule has 134 valence electrons. The number of hydrogen-bond acceptors (Lipinski definition) is 7. The predicted molar refractivity (Wildman–Crippen MR) is 90.5 cm³/mol. The van der Waals surface area contributed by atoms with Gasteiger partial charge in [-0.2, -0.15) is 0 Å². The Bertz CT molecular complexity index is 903. The number of nitrogens with two attached hydrogens (primary N) is 1. The third-order valence-electron chi connectivity index (χ3n) is 4.30. The zero-order valence-corrected chi connectivity index (χ0v) is 14.4. The summed E-state index contributed by atoms with van der Waals surface area (Å²) in [5.41, 5.74) is 2.13. The van der Waals surface area contributed by atoms with Crippen LogP contribution in [-0.4, -0.2) is 40.3 Å². The van der Waals surface area contributed by atoms with Gasteiger partial charge in [-0.3, -0.25) is 24.4 Å². The molecule has 0 radical (unpaired) electrons. The van der Waals surface area contributed by atoms with E-state index in [0.717, 1.165) is 4.88 Å². The number of fused-ring (bicyclic) bond motifs is 3. The van der Waals surface area contributed by atoms with E-state index in [1.807, 2.05) is 5.43 Å². The van der Waals surface area contributed by atoms with E-state index >= 15 is 0 Å². The van der Waals surface area contributed by atoms with E-state index in [4.69, 9.17) is 10.6 Å². The molecule has 2 aromatic rings. The molecule has 2 heterocycles. The van der Waals surface area contributed by atoms with Crippen LogP contribution in [0, 0.1) is 0 Å². The van der Waals surface area contributed by atoms with Gasteiger partial charge in [-0.1, -0.05) is 0 Å². The Morgan fingerprint density at radius 1 is 1.52 bits per heavy atom. The largest absolute Gasteiger partial charge is 0.481 e. The second kappa shape index (κ2) is 6.90. The van der Waals surface area contributed by atoms with Crippen LogP contribution in [0.3, 0.4) is 0 Å². The minimum absolute atomic E-state index is 0.278. The number of hydrazine groups is 1. The molecule has 25 heavy (non-hydrogen) atoms. The highest BCUT2D eigenvalue weighted by Gasteiger charge is 2.34. The Kier molecular flexibility index (Phi) is 4.84. The van der Waals surface area contributed by atoms with Gasteiger partial charge in [-0.15, -0.1) is 11.3 Å². The fourth-order valence-corrected chi connectivity index (χ4v) is 4.41. The van der Waals surface area contributed by atoms with E-state index in [-0.39, 0.29) is 6.54 Å². The van der Waals surface area contributed by atoms with Gasteiger partial charge >= 0.3 is 5.97 Å². The smallest absolute Gasteiger partial charge is 0.311 e. The van der Waals surface area contributed by atoms with Crippen LogP contribution >= 0.6 is 11.3 Å². The van der Waals surface area contributed by atoms with Crippen LogP contribution < -0.4 is 16.8 Å². The van der Waals surface area contributed by atoms with Gasteiger partial charge in [0.05, 0.1) is 17.9 Å². The van der Waals surface area contributed by atoms with E-state index in [9.17, 15) is 19.5 Å². The molecule has 1 unspecified atom stereocenters. The van der Waals surface area contributed by atoms with Crippen LogP contribution in [0.1, 0.15) is 28.6 Å². The minimum Gasteiger partial charge on any atom is -0.481 e. The van der Waals surface area contributed by atoms with Crippen molar-refractivity contribution < 1.29 is 19.4 Å². The number of carbonyl (C=O) groups is 2. The van der Waals surface area contributed by atoms with Gasteiger partial charge in [0.2, 0.25) is 0 Å². The third-order valence-corrected chi connectivity index (χ3v) is 5.46. The first-order valence-corrected chi connectivity index (χ1v) is 8.55. The van der Waals surface area contributed by atoms with Crippen LogP contribution in [0.4, 0.5) is 0 Å². The van der Waals surface area contributed by atoms with Crippen molar-refractivity contribution in [1.29, 1.82) is 0 Å². The zero-order chi connectivity index (χ0) is 18.1. The SMILES string of the molecule is COCCc1nc2sc3c(c2c(=O)n1CC(=O)NN)C(C(=O)O)CC3. The van der Waals surface area contributed by atoms with E-state index in [1.165, 1.54) is 23.0 Å². The third kappa shape index (κ3) is 3.03. The van der Waals surface area contributed by atoms with Crippen molar-refractivity contribution in [2.24, 2.45) is 5.84 Å². The molecule has 0 saturated carbocycles. The second-order valence-corrected chi connectivity index (χ2v) is 6.86.